The molecule has 0 amide bonds. The Morgan fingerprint density at radius 1 is 0.232 bits per heavy atom. The zero-order valence-electron chi connectivity index (χ0n) is 82.0. The largest absolute Gasteiger partial charge is 0.456 e. The molecule has 6 nitrogen and oxygen atoms in total. The minimum absolute atomic E-state index is 0.108. The number of hydrogen-bond donors (Lipinski definition) is 0. The predicted molar refractivity (Wildman–Crippen MR) is 589 cm³/mol. The number of nitrogens with zero attached hydrogens (tertiary/aromatic N) is 4. The second kappa shape index (κ2) is 31.7. The lowest BCUT2D eigenvalue weighted by molar-refractivity contribution is 0.590. The lowest BCUT2D eigenvalue weighted by atomic mass is 9.33. The second-order valence-electron chi connectivity index (χ2n) is 44.2. The molecule has 0 N–H and O–H groups in total. The Bertz CT molecular complexity index is 8420. The summed E-state index contributed by atoms with van der Waals surface area (Å²) in [5, 5.41) is 9.10. The molecule has 0 aliphatic carbocycles. The van der Waals surface area contributed by atoms with E-state index in [0.29, 0.717) is 5.92 Å². The van der Waals surface area contributed by atoms with Crippen molar-refractivity contribution in [3.05, 3.63) is 403 Å². The molecule has 0 unspecified atom stereocenters. The van der Waals surface area contributed by atoms with Crippen LogP contribution in [0.2, 0.25) is 0 Å². The Hall–Kier alpha value is -15.2. The topological polar surface area (TPSA) is 42.6 Å². The van der Waals surface area contributed by atoms with E-state index in [0.717, 1.165) is 195 Å². The van der Waals surface area contributed by atoms with Gasteiger partial charge in [-0.3, -0.25) is 0 Å². The van der Waals surface area contributed by atoms with Crippen LogP contribution in [0.4, 0.5) is 34.1 Å². The average Bonchev–Trinajstić information content (AvgIpc) is 1.59. The summed E-state index contributed by atoms with van der Waals surface area (Å²) in [6.07, 6.45) is 0. The molecule has 138 heavy (non-hydrogen) atoms. The van der Waals surface area contributed by atoms with Crippen LogP contribution < -0.4 is 26.2 Å². The summed E-state index contributed by atoms with van der Waals surface area (Å²) in [7, 11) is 0. The number of hydrogen-bond acceptors (Lipinski definition) is 4. The SMILES string of the molecule is CC(C)c1ccc2c(c1)c1cc(C(C)(C)C)ccc1n2-c1ccc2c(c1)N(c1c(-c3ccccc3)cc(C(C)(C)C)cc1-c1ccccc1)c1cc(-n3c4ccc(C(C)(C)C)cc4c4cc(C(C)(C)C)ccc43)cc3c1B2c1ccc(-c2cc(-c4ccccc4)cc(-c4ccccc4)c2)cc1N3c1c(-c2cccc3oc4ccccc4c23)cc(C(C)(C)C)cc1-c1cccc2oc3ccccc3c12. The van der Waals surface area contributed by atoms with Crippen molar-refractivity contribution in [3.63, 3.8) is 0 Å². The van der Waals surface area contributed by atoms with Gasteiger partial charge in [-0.15, -0.1) is 0 Å². The van der Waals surface area contributed by atoms with Crippen LogP contribution in [0.15, 0.2) is 379 Å². The fraction of sp³-hybridized carbons (Fsp3) is 0.176. The highest BCUT2D eigenvalue weighted by atomic mass is 16.3. The molecule has 2 aliphatic heterocycles. The Morgan fingerprint density at radius 2 is 0.580 bits per heavy atom. The summed E-state index contributed by atoms with van der Waals surface area (Å²) >= 11 is 0. The number of rotatable bonds is 12. The molecule has 0 bridgehead atoms. The summed E-state index contributed by atoms with van der Waals surface area (Å²) in [6.45, 7) is 39.6. The van der Waals surface area contributed by atoms with Gasteiger partial charge >= 0.3 is 0 Å². The molecule has 0 radical (unpaired) electrons. The maximum atomic E-state index is 7.16. The van der Waals surface area contributed by atoms with Crippen molar-refractivity contribution in [1.82, 2.24) is 9.13 Å². The van der Waals surface area contributed by atoms with E-state index in [1.165, 1.54) is 65.9 Å². The number of benzene rings is 18. The van der Waals surface area contributed by atoms with Crippen molar-refractivity contribution >= 4 is 145 Å². The Labute approximate surface area is 810 Å². The highest BCUT2D eigenvalue weighted by Crippen LogP contribution is 2.59. The van der Waals surface area contributed by atoms with Crippen LogP contribution in [0.25, 0.3) is 177 Å². The van der Waals surface area contributed by atoms with Crippen molar-refractivity contribution in [1.29, 1.82) is 0 Å². The van der Waals surface area contributed by atoms with E-state index in [9.17, 15) is 0 Å². The van der Waals surface area contributed by atoms with Gasteiger partial charge in [0.15, 0.2) is 0 Å². The zero-order valence-corrected chi connectivity index (χ0v) is 82.0. The molecule has 0 atom stereocenters. The lowest BCUT2D eigenvalue weighted by Gasteiger charge is -2.46. The molecule has 0 fully saturated rings. The van der Waals surface area contributed by atoms with Gasteiger partial charge in [-0.1, -0.05) is 342 Å². The third-order valence-electron chi connectivity index (χ3n) is 29.8. The molecule has 672 valence electrons. The van der Waals surface area contributed by atoms with Crippen molar-refractivity contribution in [2.45, 2.75) is 151 Å². The third kappa shape index (κ3) is 14.1. The summed E-state index contributed by atoms with van der Waals surface area (Å²) in [6, 6.07) is 142. The average molecular weight is 1790 g/mol. The van der Waals surface area contributed by atoms with Gasteiger partial charge < -0.3 is 27.8 Å². The van der Waals surface area contributed by atoms with Gasteiger partial charge in [-0.25, -0.2) is 0 Å². The molecular weight excluding hydrogens is 1670 g/mol. The Balaban J connectivity index is 0.933. The summed E-state index contributed by atoms with van der Waals surface area (Å²) in [4.78, 5) is 5.56. The first-order chi connectivity index (χ1) is 66.4. The van der Waals surface area contributed by atoms with Gasteiger partial charge in [-0.2, -0.15) is 0 Å². The highest BCUT2D eigenvalue weighted by molar-refractivity contribution is 7.00. The van der Waals surface area contributed by atoms with E-state index in [4.69, 9.17) is 8.83 Å². The number of furan rings is 2. The van der Waals surface area contributed by atoms with E-state index >= 15 is 0 Å². The third-order valence-corrected chi connectivity index (χ3v) is 29.8. The van der Waals surface area contributed by atoms with Crippen LogP contribution in [0, 0.1) is 0 Å². The van der Waals surface area contributed by atoms with E-state index < -0.39 is 12.1 Å². The minimum atomic E-state index is -0.416. The number of aromatic nitrogens is 2. The van der Waals surface area contributed by atoms with Gasteiger partial charge in [-0.05, 0) is 284 Å². The van der Waals surface area contributed by atoms with Crippen LogP contribution in [0.1, 0.15) is 157 Å². The molecule has 18 aromatic carbocycles. The van der Waals surface area contributed by atoms with E-state index in [2.05, 4.69) is 507 Å². The minimum Gasteiger partial charge on any atom is -0.456 e. The number of para-hydroxylation sites is 2. The predicted octanol–water partition coefficient (Wildman–Crippen LogP) is 35.0. The molecule has 4 aromatic heterocycles. The van der Waals surface area contributed by atoms with Crippen molar-refractivity contribution < 1.29 is 8.83 Å². The smallest absolute Gasteiger partial charge is 0.252 e. The first kappa shape index (κ1) is 85.7. The fourth-order valence-electron chi connectivity index (χ4n) is 22.4. The van der Waals surface area contributed by atoms with Gasteiger partial charge in [0, 0.05) is 93.8 Å². The van der Waals surface area contributed by atoms with E-state index in [-0.39, 0.29) is 21.7 Å². The summed E-state index contributed by atoms with van der Waals surface area (Å²) in [5.74, 6) is 0.312. The van der Waals surface area contributed by atoms with Crippen LogP contribution in [0.3, 0.4) is 0 Å². The molecule has 22 aromatic rings. The molecule has 6 heterocycles. The second-order valence-corrected chi connectivity index (χ2v) is 44.2. The summed E-state index contributed by atoms with van der Waals surface area (Å²) in [5.41, 5.74) is 41.7. The maximum absolute atomic E-state index is 7.16. The molecule has 7 heteroatoms. The normalized spacial score (nSPS) is 13.1. The van der Waals surface area contributed by atoms with Crippen LogP contribution in [-0.2, 0) is 27.1 Å². The Morgan fingerprint density at radius 3 is 1.01 bits per heavy atom. The van der Waals surface area contributed by atoms with Crippen molar-refractivity contribution in [2.75, 3.05) is 9.80 Å². The molecule has 24 rings (SSSR count). The van der Waals surface area contributed by atoms with Crippen LogP contribution in [-0.4, -0.2) is 15.8 Å². The van der Waals surface area contributed by atoms with Gasteiger partial charge in [0.2, 0.25) is 0 Å². The van der Waals surface area contributed by atoms with Gasteiger partial charge in [0.1, 0.15) is 22.3 Å². The van der Waals surface area contributed by atoms with E-state index in [1.807, 2.05) is 0 Å². The van der Waals surface area contributed by atoms with Crippen LogP contribution >= 0.6 is 0 Å². The number of fused-ring (bicyclic) bond motifs is 16. The van der Waals surface area contributed by atoms with Crippen molar-refractivity contribution in [3.8, 4) is 89.3 Å². The highest BCUT2D eigenvalue weighted by Gasteiger charge is 2.47. The quantitative estimate of drug-likeness (QED) is 0.114. The first-order valence-electron chi connectivity index (χ1n) is 49.2. The monoisotopic (exact) mass is 1780 g/mol. The Kier molecular flexibility index (Phi) is 19.7. The maximum Gasteiger partial charge on any atom is 0.252 e. The van der Waals surface area contributed by atoms with Crippen molar-refractivity contribution in [2.24, 2.45) is 0 Å². The fourth-order valence-corrected chi connectivity index (χ4v) is 22.4. The van der Waals surface area contributed by atoms with E-state index in [1.54, 1.807) is 0 Å². The molecule has 0 saturated carbocycles. The zero-order chi connectivity index (χ0) is 94.6. The van der Waals surface area contributed by atoms with Crippen LogP contribution in [0.5, 0.6) is 0 Å². The molecule has 0 spiro atoms. The van der Waals surface area contributed by atoms with Gasteiger partial charge in [0.05, 0.1) is 39.1 Å². The molecular formula is C131H113BN4O2. The molecule has 0 saturated heterocycles. The standard InChI is InChI=1S/C131H113BN4O2/c1-79(2)84-53-60-110-102(67-84)103-69-89(127(3,4)5)54-61-111(103)133(110)94-57-59-109-115(76-94)136(125-100(82-40-26-20-27-41-82)72-92(130(12,13)14)73-101(125)83-42-28-21-29-43-83)117-78-95(134-112-62-55-90(128(6,7)8)70-104(112)105-71-91(129(9,10)11)56-63-113(105)134)77-116-124(117)132(109)108-58-52-85(88-65-86(80-36-22-18-23-37-80)64-87(66-88)81-38-24-19-25-39-81)68-114(108)135(116)126-106(96-46-34-50-120-122(96)98-44-30-32-48-118(98)137-120)74-93(131(15,16)17)75-107(126)97-47-35-51-121-123(97)99-45-31-33-49-119(99)138-121/h18-79H,1-17H3. The van der Waals surface area contributed by atoms with Gasteiger partial charge in [0.25, 0.3) is 6.71 Å². The summed E-state index contributed by atoms with van der Waals surface area (Å²) < 4.78 is 19.5. The molecule has 2 aliphatic rings. The number of anilines is 6. The lowest BCUT2D eigenvalue weighted by Crippen LogP contribution is -2.61. The first-order valence-corrected chi connectivity index (χ1v) is 49.2.